The summed E-state index contributed by atoms with van der Waals surface area (Å²) in [7, 11) is 0. The molecule has 48 heavy (non-hydrogen) atoms. The quantitative estimate of drug-likeness (QED) is 0.104. The molecule has 9 nitrogen and oxygen atoms in total. The van der Waals surface area contributed by atoms with Gasteiger partial charge < -0.3 is 35.1 Å². The Bertz CT molecular complexity index is 1800. The highest BCUT2D eigenvalue weighted by Gasteiger charge is 2.32. The molecular weight excluding hydrogens is 628 g/mol. The van der Waals surface area contributed by atoms with Gasteiger partial charge >= 0.3 is 12.0 Å². The van der Waals surface area contributed by atoms with Crippen molar-refractivity contribution >= 4 is 35.1 Å². The highest BCUT2D eigenvalue weighted by atomic mass is 32.2. The topological polar surface area (TPSA) is 126 Å². The Morgan fingerprint density at radius 3 is 1.96 bits per heavy atom. The number of hydrogen-bond donors (Lipinski definition) is 4. The molecule has 0 bridgehead atoms. The number of rotatable bonds is 11. The smallest absolute Gasteiger partial charge is 0.335 e. The lowest BCUT2D eigenvalue weighted by molar-refractivity contribution is -0.245. The molecule has 1 aliphatic rings. The van der Waals surface area contributed by atoms with Crippen LogP contribution in [0.5, 0.6) is 11.5 Å². The van der Waals surface area contributed by atoms with Gasteiger partial charge in [-0.2, -0.15) is 0 Å². The first-order valence-electron chi connectivity index (χ1n) is 15.4. The number of nitrogens with one attached hydrogen (secondary N) is 2. The number of urea groups is 1. The minimum atomic E-state index is -0.959. The Hall–Kier alpha value is -5.13. The van der Waals surface area contributed by atoms with Gasteiger partial charge in [0.2, 0.25) is 0 Å². The summed E-state index contributed by atoms with van der Waals surface area (Å²) in [4.78, 5) is 24.9. The largest absolute Gasteiger partial charge is 0.478 e. The maximum atomic E-state index is 12.7. The van der Waals surface area contributed by atoms with E-state index in [0.717, 1.165) is 27.3 Å². The molecule has 1 aliphatic heterocycles. The Balaban J connectivity index is 1.08. The fourth-order valence-electron chi connectivity index (χ4n) is 5.15. The van der Waals surface area contributed by atoms with Gasteiger partial charge in [-0.15, -0.1) is 11.8 Å². The molecule has 244 valence electrons. The van der Waals surface area contributed by atoms with E-state index >= 15 is 0 Å². The normalized spacial score (nSPS) is 17.3. The van der Waals surface area contributed by atoms with Gasteiger partial charge in [0.15, 0.2) is 6.29 Å². The van der Waals surface area contributed by atoms with Crippen molar-refractivity contribution in [3.8, 4) is 11.5 Å². The molecule has 0 spiro atoms. The van der Waals surface area contributed by atoms with Crippen LogP contribution in [-0.2, 0) is 16.1 Å². The number of aromatic carboxylic acids is 1. The van der Waals surface area contributed by atoms with E-state index in [9.17, 15) is 19.8 Å². The van der Waals surface area contributed by atoms with Gasteiger partial charge in [0.05, 0.1) is 24.4 Å². The van der Waals surface area contributed by atoms with E-state index in [-0.39, 0.29) is 30.4 Å². The van der Waals surface area contributed by atoms with Gasteiger partial charge in [-0.25, -0.2) is 9.59 Å². The van der Waals surface area contributed by atoms with Crippen molar-refractivity contribution in [3.63, 3.8) is 0 Å². The van der Waals surface area contributed by atoms with Gasteiger partial charge in [-0.05, 0) is 83.9 Å². The van der Waals surface area contributed by atoms with Crippen LogP contribution in [0.1, 0.15) is 45.9 Å². The van der Waals surface area contributed by atoms with Crippen LogP contribution in [0.15, 0.2) is 132 Å². The number of carboxylic acid groups (broad SMARTS) is 1. The lowest BCUT2D eigenvalue weighted by Crippen LogP contribution is -2.31. The van der Waals surface area contributed by atoms with E-state index < -0.39 is 12.3 Å². The van der Waals surface area contributed by atoms with Gasteiger partial charge in [0.25, 0.3) is 0 Å². The number of benzene rings is 5. The summed E-state index contributed by atoms with van der Waals surface area (Å²) in [5.74, 6) is 1.07. The summed E-state index contributed by atoms with van der Waals surface area (Å²) in [6.45, 7) is -0.0358. The zero-order chi connectivity index (χ0) is 33.3. The van der Waals surface area contributed by atoms with Crippen LogP contribution in [0, 0.1) is 0 Å². The fourth-order valence-corrected chi connectivity index (χ4v) is 6.08. The Kier molecular flexibility index (Phi) is 10.7. The summed E-state index contributed by atoms with van der Waals surface area (Å²) in [5.41, 5.74) is 4.06. The van der Waals surface area contributed by atoms with Crippen LogP contribution >= 0.6 is 11.8 Å². The fraction of sp³-hybridized carbons (Fsp3) is 0.158. The Morgan fingerprint density at radius 1 is 0.729 bits per heavy atom. The molecule has 3 atom stereocenters. The number of ether oxygens (including phenoxy) is 3. The average Bonchev–Trinajstić information content (AvgIpc) is 3.12. The number of thioether (sulfide) groups is 1. The predicted octanol–water partition coefficient (Wildman–Crippen LogP) is 8.65. The summed E-state index contributed by atoms with van der Waals surface area (Å²) in [5, 5.41) is 24.4. The summed E-state index contributed by atoms with van der Waals surface area (Å²) >= 11 is 1.59. The lowest BCUT2D eigenvalue weighted by Gasteiger charge is -2.36. The molecule has 0 saturated carbocycles. The van der Waals surface area contributed by atoms with Crippen LogP contribution in [0.4, 0.5) is 16.2 Å². The summed E-state index contributed by atoms with van der Waals surface area (Å²) < 4.78 is 18.7. The van der Waals surface area contributed by atoms with Crippen molar-refractivity contribution in [2.75, 3.05) is 16.4 Å². The van der Waals surface area contributed by atoms with Crippen molar-refractivity contribution in [1.29, 1.82) is 0 Å². The molecule has 3 unspecified atom stereocenters. The van der Waals surface area contributed by atoms with Crippen LogP contribution < -0.4 is 15.4 Å². The number of aliphatic hydroxyl groups is 1. The average molecular weight is 663 g/mol. The van der Waals surface area contributed by atoms with Crippen molar-refractivity contribution in [2.24, 2.45) is 0 Å². The molecule has 5 aromatic rings. The molecule has 0 aliphatic carbocycles. The molecular formula is C38H34N2O7S. The molecule has 10 heteroatoms. The third-order valence-corrected chi connectivity index (χ3v) is 8.83. The molecule has 0 radical (unpaired) electrons. The highest BCUT2D eigenvalue weighted by molar-refractivity contribution is 7.99. The van der Waals surface area contributed by atoms with Gasteiger partial charge in [0.1, 0.15) is 11.5 Å². The van der Waals surface area contributed by atoms with Gasteiger partial charge in [-0.3, -0.25) is 0 Å². The van der Waals surface area contributed by atoms with Crippen molar-refractivity contribution in [2.45, 2.75) is 36.4 Å². The molecule has 1 saturated heterocycles. The highest BCUT2D eigenvalue weighted by Crippen LogP contribution is 2.39. The number of anilines is 2. The maximum Gasteiger partial charge on any atom is 0.335 e. The zero-order valence-electron chi connectivity index (χ0n) is 25.8. The monoisotopic (exact) mass is 662 g/mol. The predicted molar refractivity (Wildman–Crippen MR) is 185 cm³/mol. The molecule has 0 aromatic heterocycles. The summed E-state index contributed by atoms with van der Waals surface area (Å²) in [6, 6.07) is 38.0. The first kappa shape index (κ1) is 32.8. The first-order valence-corrected chi connectivity index (χ1v) is 16.4. The SMILES string of the molecule is O=C(Nc1ccc(Oc2ccccc2)cc1)Nc1ccc(C2OC(CSc3ccc(C(=O)O)cc3)CC(c3ccc(CO)cc3)O2)cc1. The van der Waals surface area contributed by atoms with Crippen molar-refractivity contribution in [3.05, 3.63) is 150 Å². The van der Waals surface area contributed by atoms with Crippen LogP contribution in [-0.4, -0.2) is 34.1 Å². The van der Waals surface area contributed by atoms with E-state index in [4.69, 9.17) is 14.2 Å². The Labute approximate surface area is 282 Å². The van der Waals surface area contributed by atoms with Crippen LogP contribution in [0.3, 0.4) is 0 Å². The standard InChI is InChI=1S/C38H34N2O7S/c41-23-25-6-8-26(9-7-25)35-22-33(24-48-34-20-12-27(13-21-34)36(42)43)46-37(47-35)28-10-14-29(15-11-28)39-38(44)40-30-16-18-32(19-17-30)45-31-4-2-1-3-5-31/h1-21,33,35,37,41H,22-24H2,(H,42,43)(H2,39,40,44). The number of amides is 2. The van der Waals surface area contributed by atoms with Gasteiger partial charge in [0, 0.05) is 34.0 Å². The van der Waals surface area contributed by atoms with Gasteiger partial charge in [-0.1, -0.05) is 54.6 Å². The second-order valence-electron chi connectivity index (χ2n) is 11.1. The third kappa shape index (κ3) is 8.81. The van der Waals surface area contributed by atoms with Crippen molar-refractivity contribution < 1.29 is 34.0 Å². The molecule has 1 fully saturated rings. The molecule has 6 rings (SSSR count). The number of carbonyl (C=O) groups is 2. The molecule has 5 aromatic carbocycles. The maximum absolute atomic E-state index is 12.7. The molecule has 2 amide bonds. The summed E-state index contributed by atoms with van der Waals surface area (Å²) in [6.07, 6.45) is -0.442. The minimum absolute atomic E-state index is 0.0358. The second kappa shape index (κ2) is 15.6. The van der Waals surface area contributed by atoms with Crippen LogP contribution in [0.25, 0.3) is 0 Å². The first-order chi connectivity index (χ1) is 23.4. The van der Waals surface area contributed by atoms with E-state index in [1.165, 1.54) is 0 Å². The van der Waals surface area contributed by atoms with E-state index in [1.807, 2.05) is 66.7 Å². The lowest BCUT2D eigenvalue weighted by atomic mass is 10.0. The van der Waals surface area contributed by atoms with E-state index in [0.29, 0.717) is 29.3 Å². The number of hydrogen-bond acceptors (Lipinski definition) is 7. The third-order valence-electron chi connectivity index (χ3n) is 7.68. The van der Waals surface area contributed by atoms with E-state index in [2.05, 4.69) is 10.6 Å². The molecule has 1 heterocycles. The number of carboxylic acids is 1. The van der Waals surface area contributed by atoms with E-state index in [1.54, 1.807) is 72.4 Å². The number of aliphatic hydroxyl groups excluding tert-OH is 1. The number of para-hydroxylation sites is 1. The minimum Gasteiger partial charge on any atom is -0.478 e. The van der Waals surface area contributed by atoms with Crippen molar-refractivity contribution in [1.82, 2.24) is 0 Å². The zero-order valence-corrected chi connectivity index (χ0v) is 26.6. The second-order valence-corrected chi connectivity index (χ2v) is 12.2. The Morgan fingerprint density at radius 2 is 1.33 bits per heavy atom. The van der Waals surface area contributed by atoms with Crippen LogP contribution in [0.2, 0.25) is 0 Å². The number of carbonyl (C=O) groups excluding carboxylic acids is 1. The molecule has 4 N–H and O–H groups in total.